The second-order valence-electron chi connectivity index (χ2n) is 5.12. The quantitative estimate of drug-likeness (QED) is 0.601. The summed E-state index contributed by atoms with van der Waals surface area (Å²) in [6.07, 6.45) is 0. The average Bonchev–Trinajstić information content (AvgIpc) is 2.99. The van der Waals surface area contributed by atoms with Gasteiger partial charge in [-0.1, -0.05) is 5.16 Å². The largest absolute Gasteiger partial charge is 0.482 e. The van der Waals surface area contributed by atoms with Gasteiger partial charge in [0, 0.05) is 11.8 Å². The maximum absolute atomic E-state index is 11.9. The molecule has 26 heavy (non-hydrogen) atoms. The lowest BCUT2D eigenvalue weighted by atomic mass is 10.3. The summed E-state index contributed by atoms with van der Waals surface area (Å²) in [5, 5.41) is 17.4. The number of benzene rings is 1. The first kappa shape index (κ1) is 19.3. The van der Waals surface area contributed by atoms with Crippen molar-refractivity contribution in [3.63, 3.8) is 0 Å². The maximum Gasteiger partial charge on any atom is 0.341 e. The molecule has 0 spiro atoms. The molecule has 1 heterocycles. The summed E-state index contributed by atoms with van der Waals surface area (Å²) in [4.78, 5) is 34.0. The molecule has 1 aromatic carbocycles. The number of anilines is 2. The summed E-state index contributed by atoms with van der Waals surface area (Å²) in [7, 11) is 0. The van der Waals surface area contributed by atoms with Gasteiger partial charge in [0.15, 0.2) is 12.4 Å². The van der Waals surface area contributed by atoms with Crippen molar-refractivity contribution >= 4 is 41.1 Å². The molecular weight excluding hydrogens is 362 g/mol. The Morgan fingerprint density at radius 1 is 1.15 bits per heavy atom. The molecule has 2 amide bonds. The van der Waals surface area contributed by atoms with Gasteiger partial charge in [-0.2, -0.15) is 0 Å². The fourth-order valence-electron chi connectivity index (χ4n) is 1.82. The molecule has 9 nitrogen and oxygen atoms in total. The van der Waals surface area contributed by atoms with Crippen LogP contribution in [0.5, 0.6) is 5.75 Å². The molecule has 138 valence electrons. The van der Waals surface area contributed by atoms with E-state index in [1.807, 2.05) is 0 Å². The van der Waals surface area contributed by atoms with E-state index in [0.29, 0.717) is 23.0 Å². The zero-order valence-electron chi connectivity index (χ0n) is 13.9. The van der Waals surface area contributed by atoms with E-state index in [1.165, 1.54) is 0 Å². The Hall–Kier alpha value is -3.01. The van der Waals surface area contributed by atoms with Gasteiger partial charge < -0.3 is 25.0 Å². The number of nitrogens with one attached hydrogen (secondary N) is 2. The Labute approximate surface area is 153 Å². The third kappa shape index (κ3) is 6.85. The molecule has 10 heteroatoms. The molecule has 3 N–H and O–H groups in total. The zero-order chi connectivity index (χ0) is 18.9. The maximum atomic E-state index is 11.9. The monoisotopic (exact) mass is 379 g/mol. The molecule has 2 rings (SSSR count). The number of nitrogens with zero attached hydrogens (tertiary/aromatic N) is 1. The number of aliphatic carboxylic acids is 1. The van der Waals surface area contributed by atoms with E-state index in [2.05, 4.69) is 15.8 Å². The number of ether oxygens (including phenoxy) is 1. The predicted octanol–water partition coefficient (Wildman–Crippen LogP) is 1.76. The van der Waals surface area contributed by atoms with Crippen LogP contribution in [0.25, 0.3) is 0 Å². The first-order chi connectivity index (χ1) is 12.4. The Balaban J connectivity index is 1.68. The molecule has 0 aliphatic heterocycles. The molecule has 0 bridgehead atoms. The molecule has 0 atom stereocenters. The number of hydrogen-bond donors (Lipinski definition) is 3. The second kappa shape index (κ2) is 9.47. The molecule has 0 fully saturated rings. The van der Waals surface area contributed by atoms with Crippen LogP contribution in [-0.4, -0.2) is 46.2 Å². The van der Waals surface area contributed by atoms with Crippen LogP contribution >= 0.6 is 11.8 Å². The second-order valence-corrected chi connectivity index (χ2v) is 6.10. The van der Waals surface area contributed by atoms with E-state index in [9.17, 15) is 14.4 Å². The fourth-order valence-corrected chi connectivity index (χ4v) is 2.43. The van der Waals surface area contributed by atoms with E-state index in [0.717, 1.165) is 11.8 Å². The van der Waals surface area contributed by atoms with Crippen LogP contribution in [0, 0.1) is 6.92 Å². The lowest BCUT2D eigenvalue weighted by Crippen LogP contribution is -2.18. The van der Waals surface area contributed by atoms with Crippen molar-refractivity contribution in [1.82, 2.24) is 5.16 Å². The van der Waals surface area contributed by atoms with E-state index < -0.39 is 12.6 Å². The topological polar surface area (TPSA) is 131 Å². The fraction of sp³-hybridized carbons (Fsp3) is 0.250. The number of aryl methyl sites for hydroxylation is 1. The van der Waals surface area contributed by atoms with Gasteiger partial charge in [0.2, 0.25) is 11.8 Å². The molecular formula is C16H17N3O6S. The van der Waals surface area contributed by atoms with Gasteiger partial charge in [0.05, 0.1) is 11.5 Å². The number of rotatable bonds is 9. The van der Waals surface area contributed by atoms with Gasteiger partial charge in [-0.3, -0.25) is 9.59 Å². The highest BCUT2D eigenvalue weighted by Crippen LogP contribution is 2.16. The summed E-state index contributed by atoms with van der Waals surface area (Å²) in [6.45, 7) is 1.28. The van der Waals surface area contributed by atoms with Gasteiger partial charge in [0.1, 0.15) is 11.5 Å². The van der Waals surface area contributed by atoms with Crippen LogP contribution < -0.4 is 15.4 Å². The normalized spacial score (nSPS) is 10.2. The van der Waals surface area contributed by atoms with Crippen LogP contribution in [0.15, 0.2) is 34.9 Å². The number of carboxylic acid groups (broad SMARTS) is 1. The Bertz CT molecular complexity index is 775. The third-order valence-corrected chi connectivity index (χ3v) is 3.79. The van der Waals surface area contributed by atoms with Gasteiger partial charge in [-0.25, -0.2) is 4.79 Å². The van der Waals surface area contributed by atoms with Gasteiger partial charge in [0.25, 0.3) is 0 Å². The molecule has 1 aromatic heterocycles. The standard InChI is InChI=1S/C16H17N3O6S/c1-10-6-13(19-25-10)18-15(21)9-26-8-14(20)17-11-2-4-12(5-3-11)24-7-16(22)23/h2-6H,7-9H2,1H3,(H,17,20)(H,22,23)(H,18,19,21). The van der Waals surface area contributed by atoms with Crippen molar-refractivity contribution in [2.75, 3.05) is 28.7 Å². The minimum Gasteiger partial charge on any atom is -0.482 e. The number of aromatic nitrogens is 1. The molecule has 0 aliphatic rings. The highest BCUT2D eigenvalue weighted by atomic mass is 32.2. The number of carbonyl (C=O) groups excluding carboxylic acids is 2. The minimum absolute atomic E-state index is 0.0985. The van der Waals surface area contributed by atoms with Gasteiger partial charge >= 0.3 is 5.97 Å². The van der Waals surface area contributed by atoms with Gasteiger partial charge in [-0.05, 0) is 31.2 Å². The first-order valence-electron chi connectivity index (χ1n) is 7.48. The Morgan fingerprint density at radius 2 is 1.81 bits per heavy atom. The van der Waals surface area contributed by atoms with Crippen molar-refractivity contribution in [3.05, 3.63) is 36.1 Å². The smallest absolute Gasteiger partial charge is 0.341 e. The van der Waals surface area contributed by atoms with Crippen molar-refractivity contribution < 1.29 is 28.8 Å². The number of thioether (sulfide) groups is 1. The average molecular weight is 379 g/mol. The number of carboxylic acids is 1. The Morgan fingerprint density at radius 3 is 2.38 bits per heavy atom. The van der Waals surface area contributed by atoms with Crippen molar-refractivity contribution in [2.45, 2.75) is 6.92 Å². The van der Waals surface area contributed by atoms with Crippen LogP contribution in [0.2, 0.25) is 0 Å². The number of hydrogen-bond acceptors (Lipinski definition) is 7. The minimum atomic E-state index is -1.07. The predicted molar refractivity (Wildman–Crippen MR) is 95.4 cm³/mol. The zero-order valence-corrected chi connectivity index (χ0v) is 14.7. The first-order valence-corrected chi connectivity index (χ1v) is 8.63. The van der Waals surface area contributed by atoms with Crippen molar-refractivity contribution in [3.8, 4) is 5.75 Å². The Kier molecular flexibility index (Phi) is 7.03. The van der Waals surface area contributed by atoms with Crippen LogP contribution in [0.4, 0.5) is 11.5 Å². The van der Waals surface area contributed by atoms with Crippen molar-refractivity contribution in [2.24, 2.45) is 0 Å². The van der Waals surface area contributed by atoms with E-state index >= 15 is 0 Å². The summed E-state index contributed by atoms with van der Waals surface area (Å²) in [5.74, 6) is -0.101. The molecule has 0 saturated heterocycles. The number of amides is 2. The molecule has 2 aromatic rings. The van der Waals surface area contributed by atoms with E-state index in [1.54, 1.807) is 37.3 Å². The molecule has 0 aliphatic carbocycles. The third-order valence-electron chi connectivity index (χ3n) is 2.86. The summed E-state index contributed by atoms with van der Waals surface area (Å²) in [5.41, 5.74) is 0.542. The molecule has 0 radical (unpaired) electrons. The van der Waals surface area contributed by atoms with E-state index in [4.69, 9.17) is 14.4 Å². The lowest BCUT2D eigenvalue weighted by Gasteiger charge is -2.07. The molecule has 0 unspecified atom stereocenters. The highest BCUT2D eigenvalue weighted by Gasteiger charge is 2.09. The van der Waals surface area contributed by atoms with E-state index in [-0.39, 0.29) is 23.3 Å². The van der Waals surface area contributed by atoms with Crippen LogP contribution in [-0.2, 0) is 14.4 Å². The number of carbonyl (C=O) groups is 3. The van der Waals surface area contributed by atoms with Gasteiger partial charge in [-0.15, -0.1) is 11.8 Å². The SMILES string of the molecule is Cc1cc(NC(=O)CSCC(=O)Nc2ccc(OCC(=O)O)cc2)no1. The summed E-state index contributed by atoms with van der Waals surface area (Å²) in [6, 6.07) is 7.90. The van der Waals surface area contributed by atoms with Crippen LogP contribution in [0.1, 0.15) is 5.76 Å². The lowest BCUT2D eigenvalue weighted by molar-refractivity contribution is -0.139. The molecule has 0 saturated carbocycles. The highest BCUT2D eigenvalue weighted by molar-refractivity contribution is 8.00. The summed E-state index contributed by atoms with van der Waals surface area (Å²) >= 11 is 1.16. The van der Waals surface area contributed by atoms with Crippen molar-refractivity contribution in [1.29, 1.82) is 0 Å². The van der Waals surface area contributed by atoms with Crippen LogP contribution in [0.3, 0.4) is 0 Å². The summed E-state index contributed by atoms with van der Waals surface area (Å²) < 4.78 is 9.83.